The molecule has 4 aromatic rings. The fourth-order valence-electron chi connectivity index (χ4n) is 3.88. The fraction of sp³-hybridized carbons (Fsp3) is 0.192. The van der Waals surface area contributed by atoms with Crippen LogP contribution in [0.1, 0.15) is 40.7 Å². The van der Waals surface area contributed by atoms with E-state index < -0.39 is 5.97 Å². The summed E-state index contributed by atoms with van der Waals surface area (Å²) in [5.41, 5.74) is 4.67. The third-order valence-electron chi connectivity index (χ3n) is 5.58. The number of carbonyl (C=O) groups excluding carboxylic acids is 1. The number of aromatic nitrogens is 2. The highest BCUT2D eigenvalue weighted by Crippen LogP contribution is 2.24. The lowest BCUT2D eigenvalue weighted by atomic mass is 9.93. The molecule has 1 atom stereocenters. The summed E-state index contributed by atoms with van der Waals surface area (Å²) in [5, 5.41) is 15.2. The van der Waals surface area contributed by atoms with Crippen molar-refractivity contribution in [2.24, 2.45) is 0 Å². The molecule has 1 amide bonds. The number of H-pyrrole nitrogens is 1. The van der Waals surface area contributed by atoms with Gasteiger partial charge in [0.2, 0.25) is 5.95 Å². The van der Waals surface area contributed by atoms with E-state index in [4.69, 9.17) is 9.84 Å². The number of nitrogens with zero attached hydrogens (tertiary/aromatic N) is 1. The molecular formula is C26H26N4O4. The standard InChI is InChI=1S/C26H26N4O4/c1-16(12-24(31)32)21-9-4-3-6-18(21)15-27-25(33)17-7-5-8-19(13-17)28-26-29-22-11-10-20(34-2)14-23(22)30-26/h3-11,13-14,16H,12,15H2,1-2H3,(H,27,33)(H,31,32)(H2,28,29,30). The number of benzene rings is 3. The second-order valence-corrected chi connectivity index (χ2v) is 8.05. The number of amides is 1. The number of imidazole rings is 1. The zero-order chi connectivity index (χ0) is 24.1. The van der Waals surface area contributed by atoms with Crippen LogP contribution in [0.25, 0.3) is 11.0 Å². The molecule has 4 N–H and O–H groups in total. The van der Waals surface area contributed by atoms with Crippen molar-refractivity contribution in [3.8, 4) is 5.75 Å². The molecule has 3 aromatic carbocycles. The van der Waals surface area contributed by atoms with E-state index in [1.165, 1.54) is 0 Å². The molecule has 0 bridgehead atoms. The average molecular weight is 459 g/mol. The van der Waals surface area contributed by atoms with Crippen LogP contribution in [0.15, 0.2) is 66.7 Å². The van der Waals surface area contributed by atoms with E-state index in [-0.39, 0.29) is 18.2 Å². The molecule has 34 heavy (non-hydrogen) atoms. The van der Waals surface area contributed by atoms with Gasteiger partial charge in [-0.05, 0) is 47.4 Å². The largest absolute Gasteiger partial charge is 0.497 e. The molecule has 0 saturated heterocycles. The maximum Gasteiger partial charge on any atom is 0.303 e. The van der Waals surface area contributed by atoms with E-state index in [1.54, 1.807) is 25.3 Å². The summed E-state index contributed by atoms with van der Waals surface area (Å²) in [4.78, 5) is 31.6. The van der Waals surface area contributed by atoms with Crippen LogP contribution in [-0.2, 0) is 11.3 Å². The van der Waals surface area contributed by atoms with Gasteiger partial charge in [-0.1, -0.05) is 37.3 Å². The number of fused-ring (bicyclic) bond motifs is 1. The summed E-state index contributed by atoms with van der Waals surface area (Å²) in [6.45, 7) is 2.18. The highest BCUT2D eigenvalue weighted by atomic mass is 16.5. The number of hydrogen-bond acceptors (Lipinski definition) is 5. The lowest BCUT2D eigenvalue weighted by Crippen LogP contribution is -2.23. The van der Waals surface area contributed by atoms with E-state index in [9.17, 15) is 9.59 Å². The Morgan fingerprint density at radius 2 is 1.91 bits per heavy atom. The maximum absolute atomic E-state index is 12.8. The zero-order valence-electron chi connectivity index (χ0n) is 19.0. The van der Waals surface area contributed by atoms with Gasteiger partial charge in [0, 0.05) is 23.9 Å². The van der Waals surface area contributed by atoms with Crippen molar-refractivity contribution < 1.29 is 19.4 Å². The van der Waals surface area contributed by atoms with Gasteiger partial charge in [0.1, 0.15) is 5.75 Å². The van der Waals surface area contributed by atoms with Crippen LogP contribution in [0, 0.1) is 0 Å². The number of aromatic amines is 1. The molecule has 0 saturated carbocycles. The van der Waals surface area contributed by atoms with Gasteiger partial charge in [0.15, 0.2) is 0 Å². The summed E-state index contributed by atoms with van der Waals surface area (Å²) < 4.78 is 5.25. The zero-order valence-corrected chi connectivity index (χ0v) is 19.0. The molecule has 0 fully saturated rings. The van der Waals surface area contributed by atoms with Crippen LogP contribution in [0.5, 0.6) is 5.75 Å². The summed E-state index contributed by atoms with van der Waals surface area (Å²) in [6.07, 6.45) is 0.0350. The number of ether oxygens (including phenoxy) is 1. The van der Waals surface area contributed by atoms with Crippen molar-refractivity contribution in [1.82, 2.24) is 15.3 Å². The van der Waals surface area contributed by atoms with E-state index in [2.05, 4.69) is 20.6 Å². The first-order valence-corrected chi connectivity index (χ1v) is 10.9. The van der Waals surface area contributed by atoms with Gasteiger partial charge in [0.05, 0.1) is 24.6 Å². The fourth-order valence-corrected chi connectivity index (χ4v) is 3.88. The monoisotopic (exact) mass is 458 g/mol. The van der Waals surface area contributed by atoms with Gasteiger partial charge < -0.3 is 25.5 Å². The third kappa shape index (κ3) is 5.35. The number of hydrogen-bond donors (Lipinski definition) is 4. The van der Waals surface area contributed by atoms with Crippen LogP contribution >= 0.6 is 0 Å². The summed E-state index contributed by atoms with van der Waals surface area (Å²) in [7, 11) is 1.61. The van der Waals surface area contributed by atoms with Gasteiger partial charge in [-0.15, -0.1) is 0 Å². The summed E-state index contributed by atoms with van der Waals surface area (Å²) >= 11 is 0. The minimum Gasteiger partial charge on any atom is -0.497 e. The van der Waals surface area contributed by atoms with E-state index in [0.717, 1.165) is 27.9 Å². The van der Waals surface area contributed by atoms with Crippen molar-refractivity contribution >= 4 is 34.5 Å². The van der Waals surface area contributed by atoms with Crippen LogP contribution < -0.4 is 15.4 Å². The molecular weight excluding hydrogens is 432 g/mol. The molecule has 174 valence electrons. The topological polar surface area (TPSA) is 116 Å². The van der Waals surface area contributed by atoms with E-state index in [0.29, 0.717) is 23.7 Å². The van der Waals surface area contributed by atoms with Crippen LogP contribution in [0.4, 0.5) is 11.6 Å². The van der Waals surface area contributed by atoms with Crippen molar-refractivity contribution in [3.63, 3.8) is 0 Å². The number of nitrogens with one attached hydrogen (secondary N) is 3. The number of carbonyl (C=O) groups is 2. The van der Waals surface area contributed by atoms with Crippen molar-refractivity contribution in [2.45, 2.75) is 25.8 Å². The Morgan fingerprint density at radius 1 is 1.09 bits per heavy atom. The average Bonchev–Trinajstić information content (AvgIpc) is 3.23. The molecule has 0 aliphatic rings. The lowest BCUT2D eigenvalue weighted by molar-refractivity contribution is -0.137. The first kappa shape index (κ1) is 22.8. The summed E-state index contributed by atoms with van der Waals surface area (Å²) in [5.74, 6) is 0.0716. The SMILES string of the molecule is COc1ccc2nc(Nc3cccc(C(=O)NCc4ccccc4C(C)CC(=O)O)c3)[nH]c2c1. The second-order valence-electron chi connectivity index (χ2n) is 8.05. The molecule has 0 aliphatic heterocycles. The van der Waals surface area contributed by atoms with Crippen molar-refractivity contribution in [2.75, 3.05) is 12.4 Å². The van der Waals surface area contributed by atoms with Gasteiger partial charge >= 0.3 is 5.97 Å². The Bertz CT molecular complexity index is 1330. The quantitative estimate of drug-likeness (QED) is 0.286. The van der Waals surface area contributed by atoms with Gasteiger partial charge in [-0.25, -0.2) is 4.98 Å². The molecule has 0 spiro atoms. The van der Waals surface area contributed by atoms with Crippen LogP contribution in [-0.4, -0.2) is 34.1 Å². The number of rotatable bonds is 9. The van der Waals surface area contributed by atoms with E-state index >= 15 is 0 Å². The Hall–Kier alpha value is -4.33. The van der Waals surface area contributed by atoms with Crippen molar-refractivity contribution in [1.29, 1.82) is 0 Å². The minimum atomic E-state index is -0.848. The predicted octanol–water partition coefficient (Wildman–Crippen LogP) is 4.82. The van der Waals surface area contributed by atoms with Gasteiger partial charge in [-0.3, -0.25) is 9.59 Å². The van der Waals surface area contributed by atoms with Crippen LogP contribution in [0.2, 0.25) is 0 Å². The molecule has 4 rings (SSSR count). The molecule has 8 heteroatoms. The highest BCUT2D eigenvalue weighted by Gasteiger charge is 2.15. The molecule has 0 radical (unpaired) electrons. The van der Waals surface area contributed by atoms with E-state index in [1.807, 2.05) is 55.5 Å². The smallest absolute Gasteiger partial charge is 0.303 e. The minimum absolute atomic E-state index is 0.0350. The first-order chi connectivity index (χ1) is 16.4. The third-order valence-corrected chi connectivity index (χ3v) is 5.58. The summed E-state index contributed by atoms with van der Waals surface area (Å²) in [6, 6.07) is 20.3. The second kappa shape index (κ2) is 10.1. The molecule has 1 unspecified atom stereocenters. The van der Waals surface area contributed by atoms with Gasteiger partial charge in [-0.2, -0.15) is 0 Å². The molecule has 8 nitrogen and oxygen atoms in total. The maximum atomic E-state index is 12.8. The number of aliphatic carboxylic acids is 1. The Labute approximate surface area is 197 Å². The Kier molecular flexibility index (Phi) is 6.77. The molecule has 0 aliphatic carbocycles. The van der Waals surface area contributed by atoms with Crippen LogP contribution in [0.3, 0.4) is 0 Å². The number of anilines is 2. The Balaban J connectivity index is 1.44. The number of carboxylic acid groups (broad SMARTS) is 1. The number of methoxy groups -OCH3 is 1. The molecule has 1 aromatic heterocycles. The molecule has 1 heterocycles. The first-order valence-electron chi connectivity index (χ1n) is 10.9. The highest BCUT2D eigenvalue weighted by molar-refractivity contribution is 5.95. The van der Waals surface area contributed by atoms with Crippen molar-refractivity contribution in [3.05, 3.63) is 83.4 Å². The van der Waals surface area contributed by atoms with Gasteiger partial charge in [0.25, 0.3) is 5.91 Å². The number of carboxylic acids is 1. The normalized spacial score (nSPS) is 11.7. The lowest BCUT2D eigenvalue weighted by Gasteiger charge is -2.15. The predicted molar refractivity (Wildman–Crippen MR) is 131 cm³/mol. The Morgan fingerprint density at radius 3 is 2.71 bits per heavy atom.